The van der Waals surface area contributed by atoms with Crippen LogP contribution in [0.25, 0.3) is 0 Å². The molecule has 0 amide bonds. The van der Waals surface area contributed by atoms with Gasteiger partial charge in [-0.15, -0.1) is 0 Å². The maximum absolute atomic E-state index is 10.8. The summed E-state index contributed by atoms with van der Waals surface area (Å²) >= 11 is 1.77. The van der Waals surface area contributed by atoms with Crippen molar-refractivity contribution in [1.29, 1.82) is 0 Å². The molecule has 4 heteroatoms. The van der Waals surface area contributed by atoms with Crippen molar-refractivity contribution in [2.75, 3.05) is 18.6 Å². The van der Waals surface area contributed by atoms with E-state index in [0.29, 0.717) is 0 Å². The molecule has 0 saturated carbocycles. The van der Waals surface area contributed by atoms with Gasteiger partial charge in [-0.3, -0.25) is 0 Å². The fourth-order valence-corrected chi connectivity index (χ4v) is 2.40. The predicted molar refractivity (Wildman–Crippen MR) is 43.5 cm³/mol. The Morgan fingerprint density at radius 3 is 3.00 bits per heavy atom. The minimum atomic E-state index is -0.907. The second-order valence-corrected chi connectivity index (χ2v) is 3.74. The lowest BCUT2D eigenvalue weighted by Gasteiger charge is -2.13. The van der Waals surface area contributed by atoms with Crippen LogP contribution in [-0.4, -0.2) is 35.8 Å². The van der Waals surface area contributed by atoms with Crippen LogP contribution in [0.5, 0.6) is 0 Å². The summed E-state index contributed by atoms with van der Waals surface area (Å²) in [5.41, 5.74) is 0. The molecule has 11 heavy (non-hydrogen) atoms. The first-order valence-corrected chi connectivity index (χ1v) is 4.75. The number of aliphatic hydroxyl groups is 1. The molecule has 0 aromatic heterocycles. The highest BCUT2D eigenvalue weighted by atomic mass is 32.2. The van der Waals surface area contributed by atoms with Gasteiger partial charge in [0.1, 0.15) is 0 Å². The summed E-state index contributed by atoms with van der Waals surface area (Å²) in [4.78, 5) is 10.8. The molecule has 2 atom stereocenters. The molecule has 0 radical (unpaired) electrons. The maximum atomic E-state index is 10.8. The van der Waals surface area contributed by atoms with Crippen LogP contribution >= 0.6 is 11.8 Å². The minimum absolute atomic E-state index is 0.104. The van der Waals surface area contributed by atoms with E-state index in [0.717, 1.165) is 17.9 Å². The van der Waals surface area contributed by atoms with E-state index in [1.807, 2.05) is 0 Å². The normalized spacial score (nSPS) is 26.5. The molecule has 1 heterocycles. The van der Waals surface area contributed by atoms with Crippen molar-refractivity contribution < 1.29 is 14.6 Å². The molecule has 1 rings (SSSR count). The van der Waals surface area contributed by atoms with Gasteiger partial charge in [0.2, 0.25) is 0 Å². The number of carbonyl (C=O) groups excluding carboxylic acids is 1. The number of carbonyl (C=O) groups is 1. The summed E-state index contributed by atoms with van der Waals surface area (Å²) in [6.07, 6.45) is 0.0102. The molecule has 1 fully saturated rings. The topological polar surface area (TPSA) is 46.5 Å². The summed E-state index contributed by atoms with van der Waals surface area (Å²) in [5.74, 6) is 1.51. The average molecular weight is 176 g/mol. The lowest BCUT2D eigenvalue weighted by molar-refractivity contribution is -0.152. The average Bonchev–Trinajstić information content (AvgIpc) is 2.53. The zero-order chi connectivity index (χ0) is 8.27. The van der Waals surface area contributed by atoms with Crippen molar-refractivity contribution in [3.8, 4) is 0 Å². The third kappa shape index (κ3) is 2.10. The highest BCUT2D eigenvalue weighted by molar-refractivity contribution is 7.99. The molecule has 0 aliphatic carbocycles. The van der Waals surface area contributed by atoms with Crippen LogP contribution in [0, 0.1) is 5.92 Å². The number of esters is 1. The van der Waals surface area contributed by atoms with Crippen LogP contribution in [0.3, 0.4) is 0 Å². The Balaban J connectivity index is 2.39. The quantitative estimate of drug-likeness (QED) is 0.614. The van der Waals surface area contributed by atoms with Crippen molar-refractivity contribution in [2.24, 2.45) is 5.92 Å². The number of hydrogen-bond donors (Lipinski definition) is 1. The second-order valence-electron chi connectivity index (χ2n) is 2.59. The van der Waals surface area contributed by atoms with Gasteiger partial charge in [-0.05, 0) is 17.9 Å². The van der Waals surface area contributed by atoms with Crippen molar-refractivity contribution in [1.82, 2.24) is 0 Å². The van der Waals surface area contributed by atoms with E-state index >= 15 is 0 Å². The fraction of sp³-hybridized carbons (Fsp3) is 0.857. The number of ether oxygens (including phenoxy) is 1. The zero-order valence-corrected chi connectivity index (χ0v) is 7.26. The van der Waals surface area contributed by atoms with E-state index in [2.05, 4.69) is 4.74 Å². The Kier molecular flexibility index (Phi) is 3.20. The molecule has 1 N–H and O–H groups in total. The molecule has 0 aromatic rings. The number of hydrogen-bond acceptors (Lipinski definition) is 4. The lowest BCUT2D eigenvalue weighted by atomic mass is 10.0. The van der Waals surface area contributed by atoms with Gasteiger partial charge in [0.25, 0.3) is 0 Å². The molecular formula is C7H12O3S. The number of methoxy groups -OCH3 is 1. The first kappa shape index (κ1) is 8.87. The van der Waals surface area contributed by atoms with Gasteiger partial charge in [0, 0.05) is 5.92 Å². The Bertz CT molecular complexity index is 143. The van der Waals surface area contributed by atoms with E-state index in [1.54, 1.807) is 11.8 Å². The first-order valence-electron chi connectivity index (χ1n) is 3.59. The van der Waals surface area contributed by atoms with Crippen LogP contribution in [0.2, 0.25) is 0 Å². The molecule has 0 bridgehead atoms. The van der Waals surface area contributed by atoms with Crippen LogP contribution in [0.4, 0.5) is 0 Å². The van der Waals surface area contributed by atoms with Crippen LogP contribution in [-0.2, 0) is 9.53 Å². The van der Waals surface area contributed by atoms with E-state index in [-0.39, 0.29) is 5.92 Å². The molecule has 3 nitrogen and oxygen atoms in total. The second kappa shape index (κ2) is 3.97. The van der Waals surface area contributed by atoms with Crippen molar-refractivity contribution in [3.05, 3.63) is 0 Å². The highest BCUT2D eigenvalue weighted by Gasteiger charge is 2.29. The van der Waals surface area contributed by atoms with Gasteiger partial charge >= 0.3 is 5.97 Å². The van der Waals surface area contributed by atoms with E-state index in [9.17, 15) is 9.90 Å². The number of aliphatic hydroxyl groups excluding tert-OH is 1. The van der Waals surface area contributed by atoms with Crippen molar-refractivity contribution >= 4 is 17.7 Å². The summed E-state index contributed by atoms with van der Waals surface area (Å²) in [5, 5.41) is 9.33. The van der Waals surface area contributed by atoms with Crippen LogP contribution < -0.4 is 0 Å². The van der Waals surface area contributed by atoms with Gasteiger partial charge in [-0.25, -0.2) is 4.79 Å². The standard InChI is InChI=1S/C7H12O3S/c1-10-7(9)6(8)5-2-3-11-4-5/h5-6,8H,2-4H2,1H3. The van der Waals surface area contributed by atoms with E-state index in [4.69, 9.17) is 0 Å². The monoisotopic (exact) mass is 176 g/mol. The van der Waals surface area contributed by atoms with Crippen molar-refractivity contribution in [2.45, 2.75) is 12.5 Å². The lowest BCUT2D eigenvalue weighted by Crippen LogP contribution is -2.30. The van der Waals surface area contributed by atoms with E-state index < -0.39 is 12.1 Å². The Hall–Kier alpha value is -0.220. The zero-order valence-electron chi connectivity index (χ0n) is 6.45. The smallest absolute Gasteiger partial charge is 0.335 e. The maximum Gasteiger partial charge on any atom is 0.335 e. The van der Waals surface area contributed by atoms with Gasteiger partial charge < -0.3 is 9.84 Å². The van der Waals surface area contributed by atoms with Gasteiger partial charge in [0.05, 0.1) is 7.11 Å². The van der Waals surface area contributed by atoms with Gasteiger partial charge in [-0.1, -0.05) is 0 Å². The molecule has 1 aliphatic rings. The van der Waals surface area contributed by atoms with Crippen LogP contribution in [0.1, 0.15) is 6.42 Å². The summed E-state index contributed by atoms with van der Waals surface area (Å²) in [7, 11) is 1.30. The fourth-order valence-electron chi connectivity index (χ4n) is 1.11. The Morgan fingerprint density at radius 2 is 2.55 bits per heavy atom. The number of rotatable bonds is 2. The summed E-state index contributed by atoms with van der Waals surface area (Å²) in [6, 6.07) is 0. The molecule has 2 unspecified atom stereocenters. The number of thioether (sulfide) groups is 1. The molecule has 0 aromatic carbocycles. The molecular weight excluding hydrogens is 164 g/mol. The highest BCUT2D eigenvalue weighted by Crippen LogP contribution is 2.26. The van der Waals surface area contributed by atoms with E-state index in [1.165, 1.54) is 7.11 Å². The van der Waals surface area contributed by atoms with Gasteiger partial charge in [-0.2, -0.15) is 11.8 Å². The minimum Gasteiger partial charge on any atom is -0.467 e. The Labute approximate surface area is 70.1 Å². The summed E-state index contributed by atoms with van der Waals surface area (Å²) < 4.78 is 4.43. The largest absolute Gasteiger partial charge is 0.467 e. The third-order valence-corrected chi connectivity index (χ3v) is 3.04. The Morgan fingerprint density at radius 1 is 1.82 bits per heavy atom. The molecule has 1 saturated heterocycles. The predicted octanol–water partition coefficient (Wildman–Crippen LogP) is 0.273. The third-order valence-electron chi connectivity index (χ3n) is 1.85. The first-order chi connectivity index (χ1) is 5.25. The van der Waals surface area contributed by atoms with Crippen LogP contribution in [0.15, 0.2) is 0 Å². The van der Waals surface area contributed by atoms with Crippen molar-refractivity contribution in [3.63, 3.8) is 0 Å². The van der Waals surface area contributed by atoms with Gasteiger partial charge in [0.15, 0.2) is 6.10 Å². The molecule has 0 spiro atoms. The molecule has 1 aliphatic heterocycles. The SMILES string of the molecule is COC(=O)C(O)C1CCSC1. The molecule has 64 valence electrons. The summed E-state index contributed by atoms with van der Waals surface area (Å²) in [6.45, 7) is 0.